The van der Waals surface area contributed by atoms with Crippen LogP contribution in [-0.4, -0.2) is 38.4 Å². The monoisotopic (exact) mass is 438 g/mol. The van der Waals surface area contributed by atoms with Gasteiger partial charge in [-0.25, -0.2) is 13.2 Å². The van der Waals surface area contributed by atoms with E-state index < -0.39 is 9.84 Å². The molecule has 0 radical (unpaired) electrons. The highest BCUT2D eigenvalue weighted by atomic mass is 32.2. The number of sulfone groups is 1. The van der Waals surface area contributed by atoms with E-state index in [1.165, 1.54) is 12.1 Å². The molecular weight excluding hydrogens is 400 g/mol. The molecule has 0 bridgehead atoms. The van der Waals surface area contributed by atoms with Crippen molar-refractivity contribution in [2.24, 2.45) is 0 Å². The molecule has 0 heterocycles. The van der Waals surface area contributed by atoms with E-state index in [1.54, 1.807) is 12.1 Å². The maximum Gasteiger partial charge on any atom is 0.314 e. The van der Waals surface area contributed by atoms with Crippen LogP contribution in [0.1, 0.15) is 71.1 Å². The average Bonchev–Trinajstić information content (AvgIpc) is 2.72. The molecule has 1 aromatic rings. The number of rotatable bonds is 16. The minimum absolute atomic E-state index is 0.0216. The number of allylic oxidation sites excluding steroid dienone is 2. The fourth-order valence-corrected chi connectivity index (χ4v) is 4.50. The number of hydrogen-bond donors (Lipinski definition) is 3. The third-order valence-corrected chi connectivity index (χ3v) is 6.64. The third kappa shape index (κ3) is 11.9. The molecule has 6 nitrogen and oxygen atoms in total. The molecule has 0 atom stereocenters. The van der Waals surface area contributed by atoms with Gasteiger partial charge in [-0.15, -0.1) is 0 Å². The maximum atomic E-state index is 12.2. The first-order valence-electron chi connectivity index (χ1n) is 11.1. The first-order chi connectivity index (χ1) is 14.5. The summed E-state index contributed by atoms with van der Waals surface area (Å²) in [7, 11) is -3.42. The molecule has 0 aromatic heterocycles. The minimum atomic E-state index is -3.42. The van der Waals surface area contributed by atoms with E-state index in [-0.39, 0.29) is 22.4 Å². The SMILES string of the molecule is CCCCCNC(=O)NCCCC/C=C\CCCCCS(=O)(=O)c1ccccc1O. The number of phenols is 1. The van der Waals surface area contributed by atoms with Crippen molar-refractivity contribution >= 4 is 15.9 Å². The van der Waals surface area contributed by atoms with E-state index in [4.69, 9.17) is 0 Å². The van der Waals surface area contributed by atoms with E-state index in [1.807, 2.05) is 0 Å². The molecule has 1 rings (SSSR count). The van der Waals surface area contributed by atoms with Gasteiger partial charge in [0.1, 0.15) is 10.6 Å². The molecule has 1 aromatic carbocycles. The van der Waals surface area contributed by atoms with Crippen LogP contribution in [0.25, 0.3) is 0 Å². The van der Waals surface area contributed by atoms with Crippen molar-refractivity contribution in [2.75, 3.05) is 18.8 Å². The van der Waals surface area contributed by atoms with Gasteiger partial charge in [0, 0.05) is 13.1 Å². The van der Waals surface area contributed by atoms with Crippen LogP contribution in [0.4, 0.5) is 4.79 Å². The Morgan fingerprint density at radius 2 is 1.50 bits per heavy atom. The molecule has 0 saturated heterocycles. The Morgan fingerprint density at radius 3 is 2.13 bits per heavy atom. The number of hydrogen-bond acceptors (Lipinski definition) is 4. The van der Waals surface area contributed by atoms with Crippen molar-refractivity contribution < 1.29 is 18.3 Å². The number of nitrogens with one attached hydrogen (secondary N) is 2. The number of unbranched alkanes of at least 4 members (excludes halogenated alkanes) is 7. The second-order valence-corrected chi connectivity index (χ2v) is 9.57. The van der Waals surface area contributed by atoms with Crippen LogP contribution in [-0.2, 0) is 9.84 Å². The number of aromatic hydroxyl groups is 1. The smallest absolute Gasteiger partial charge is 0.314 e. The number of benzene rings is 1. The Hall–Kier alpha value is -2.02. The first kappa shape index (κ1) is 26.0. The van der Waals surface area contributed by atoms with E-state index in [0.717, 1.165) is 64.3 Å². The number of phenolic OH excluding ortho intramolecular Hbond substituents is 1. The average molecular weight is 439 g/mol. The lowest BCUT2D eigenvalue weighted by atomic mass is 10.1. The second kappa shape index (κ2) is 15.8. The summed E-state index contributed by atoms with van der Waals surface area (Å²) in [4.78, 5) is 11.6. The van der Waals surface area contributed by atoms with Gasteiger partial charge >= 0.3 is 6.03 Å². The molecule has 0 aliphatic rings. The van der Waals surface area contributed by atoms with Gasteiger partial charge in [0.25, 0.3) is 0 Å². The second-order valence-electron chi connectivity index (χ2n) is 7.49. The highest BCUT2D eigenvalue weighted by molar-refractivity contribution is 7.91. The van der Waals surface area contributed by atoms with Crippen molar-refractivity contribution in [3.63, 3.8) is 0 Å². The lowest BCUT2D eigenvalue weighted by Gasteiger charge is -2.06. The fraction of sp³-hybridized carbons (Fsp3) is 0.609. The fourth-order valence-electron chi connectivity index (χ4n) is 3.03. The Morgan fingerprint density at radius 1 is 0.900 bits per heavy atom. The first-order valence-corrected chi connectivity index (χ1v) is 12.8. The van der Waals surface area contributed by atoms with Crippen LogP contribution in [0.15, 0.2) is 41.3 Å². The largest absolute Gasteiger partial charge is 0.507 e. The number of para-hydroxylation sites is 1. The lowest BCUT2D eigenvalue weighted by molar-refractivity contribution is 0.240. The van der Waals surface area contributed by atoms with Crippen molar-refractivity contribution in [3.05, 3.63) is 36.4 Å². The van der Waals surface area contributed by atoms with Crippen LogP contribution < -0.4 is 10.6 Å². The highest BCUT2D eigenvalue weighted by Crippen LogP contribution is 2.23. The topological polar surface area (TPSA) is 95.5 Å². The molecule has 0 aliphatic carbocycles. The molecule has 0 unspecified atom stereocenters. The summed E-state index contributed by atoms with van der Waals surface area (Å²) >= 11 is 0. The zero-order valence-electron chi connectivity index (χ0n) is 18.2. The van der Waals surface area contributed by atoms with Crippen LogP contribution in [0.3, 0.4) is 0 Å². The Balaban J connectivity index is 1.99. The van der Waals surface area contributed by atoms with E-state index >= 15 is 0 Å². The Bertz CT molecular complexity index is 732. The van der Waals surface area contributed by atoms with Gasteiger partial charge in [-0.3, -0.25) is 0 Å². The molecule has 7 heteroatoms. The molecule has 2 amide bonds. The quantitative estimate of drug-likeness (QED) is 0.251. The number of carbonyl (C=O) groups excluding carboxylic acids is 1. The number of carbonyl (C=O) groups is 1. The van der Waals surface area contributed by atoms with E-state index in [2.05, 4.69) is 29.7 Å². The number of amides is 2. The van der Waals surface area contributed by atoms with Crippen molar-refractivity contribution in [1.29, 1.82) is 0 Å². The van der Waals surface area contributed by atoms with Crippen molar-refractivity contribution in [2.45, 2.75) is 76.0 Å². The molecule has 3 N–H and O–H groups in total. The molecule has 0 aliphatic heterocycles. The van der Waals surface area contributed by atoms with Gasteiger partial charge in [0.2, 0.25) is 0 Å². The molecule has 30 heavy (non-hydrogen) atoms. The summed E-state index contributed by atoms with van der Waals surface area (Å²) in [6.45, 7) is 3.57. The normalized spacial score (nSPS) is 11.6. The molecule has 0 fully saturated rings. The van der Waals surface area contributed by atoms with E-state index in [9.17, 15) is 18.3 Å². The van der Waals surface area contributed by atoms with Crippen LogP contribution >= 0.6 is 0 Å². The molecule has 0 saturated carbocycles. The van der Waals surface area contributed by atoms with Gasteiger partial charge in [0.15, 0.2) is 9.84 Å². The van der Waals surface area contributed by atoms with Gasteiger partial charge < -0.3 is 15.7 Å². The van der Waals surface area contributed by atoms with Crippen LogP contribution in [0, 0.1) is 0 Å². The third-order valence-electron chi connectivity index (χ3n) is 4.80. The van der Waals surface area contributed by atoms with Crippen LogP contribution in [0.2, 0.25) is 0 Å². The zero-order chi connectivity index (χ0) is 22.1. The summed E-state index contributed by atoms with van der Waals surface area (Å²) in [5.41, 5.74) is 0. The van der Waals surface area contributed by atoms with Crippen LogP contribution in [0.5, 0.6) is 5.75 Å². The van der Waals surface area contributed by atoms with Gasteiger partial charge in [-0.1, -0.05) is 50.5 Å². The predicted molar refractivity (Wildman–Crippen MR) is 123 cm³/mol. The Kier molecular flexibility index (Phi) is 13.7. The molecule has 0 spiro atoms. The summed E-state index contributed by atoms with van der Waals surface area (Å²) in [6.07, 6.45) is 13.9. The summed E-state index contributed by atoms with van der Waals surface area (Å²) in [5.74, 6) is -0.115. The Labute approximate surface area is 182 Å². The standard InChI is InChI=1S/C23H38N2O4S/c1-2-3-13-18-24-23(27)25-19-14-9-7-5-4-6-8-10-15-20-30(28,29)22-17-12-11-16-21(22)26/h4-5,11-12,16-17,26H,2-3,6-10,13-15,18-20H2,1H3,(H2,24,25,27)/b5-4-. The van der Waals surface area contributed by atoms with Crippen molar-refractivity contribution in [1.82, 2.24) is 10.6 Å². The summed E-state index contributed by atoms with van der Waals surface area (Å²) in [5, 5.41) is 15.4. The predicted octanol–water partition coefficient (Wildman–Crippen LogP) is 4.94. The van der Waals surface area contributed by atoms with Gasteiger partial charge in [-0.05, 0) is 57.1 Å². The van der Waals surface area contributed by atoms with E-state index in [0.29, 0.717) is 13.0 Å². The zero-order valence-corrected chi connectivity index (χ0v) is 19.1. The molecule has 170 valence electrons. The summed E-state index contributed by atoms with van der Waals surface area (Å²) < 4.78 is 24.5. The van der Waals surface area contributed by atoms with Gasteiger partial charge in [0.05, 0.1) is 5.75 Å². The maximum absolute atomic E-state index is 12.2. The molecular formula is C23H38N2O4S. The lowest BCUT2D eigenvalue weighted by Crippen LogP contribution is -2.36. The van der Waals surface area contributed by atoms with Crippen molar-refractivity contribution in [3.8, 4) is 5.75 Å². The highest BCUT2D eigenvalue weighted by Gasteiger charge is 2.17. The number of urea groups is 1. The summed E-state index contributed by atoms with van der Waals surface area (Å²) in [6, 6.07) is 6.01. The minimum Gasteiger partial charge on any atom is -0.507 e. The van der Waals surface area contributed by atoms with Gasteiger partial charge in [-0.2, -0.15) is 0 Å².